The predicted octanol–water partition coefficient (Wildman–Crippen LogP) is 4.71. The first kappa shape index (κ1) is 19.9. The van der Waals surface area contributed by atoms with Gasteiger partial charge in [-0.25, -0.2) is 0 Å². The molecule has 28 heavy (non-hydrogen) atoms. The Labute approximate surface area is 171 Å². The Kier molecular flexibility index (Phi) is 5.96. The average Bonchev–Trinajstić information content (AvgIpc) is 2.66. The minimum atomic E-state index is -0.534. The second-order valence-corrected chi connectivity index (χ2v) is 6.69. The standard InChI is InChI=1S/C20H18ClN3O3S/c1-3-27-14-9-7-13(8-10-14)24-19(26)15(18(25)23-20(24)28)11-22-17-6-4-5-16(21)12(17)2/h4-11,26H,3H2,1-2H3,(H,23,25,28). The van der Waals surface area contributed by atoms with Crippen LogP contribution in [0.2, 0.25) is 5.02 Å². The van der Waals surface area contributed by atoms with Gasteiger partial charge in [0.05, 0.1) is 18.0 Å². The third-order valence-electron chi connectivity index (χ3n) is 4.10. The highest BCUT2D eigenvalue weighted by molar-refractivity contribution is 7.71. The number of hydrogen-bond acceptors (Lipinski definition) is 5. The summed E-state index contributed by atoms with van der Waals surface area (Å²) in [4.78, 5) is 19.2. The van der Waals surface area contributed by atoms with Crippen LogP contribution in [0.3, 0.4) is 0 Å². The largest absolute Gasteiger partial charge is 0.494 e. The number of ether oxygens (including phenoxy) is 1. The van der Waals surface area contributed by atoms with Gasteiger partial charge in [-0.15, -0.1) is 0 Å². The van der Waals surface area contributed by atoms with E-state index in [4.69, 9.17) is 28.6 Å². The third kappa shape index (κ3) is 4.00. The zero-order chi connectivity index (χ0) is 20.3. The maximum Gasteiger partial charge on any atom is 0.264 e. The molecule has 0 unspecified atom stereocenters. The molecule has 3 aromatic rings. The van der Waals surface area contributed by atoms with E-state index in [0.29, 0.717) is 28.8 Å². The van der Waals surface area contributed by atoms with E-state index in [-0.39, 0.29) is 16.2 Å². The van der Waals surface area contributed by atoms with Gasteiger partial charge >= 0.3 is 0 Å². The monoisotopic (exact) mass is 415 g/mol. The molecule has 3 rings (SSSR count). The van der Waals surface area contributed by atoms with Gasteiger partial charge in [0.2, 0.25) is 5.88 Å². The Morgan fingerprint density at radius 1 is 1.29 bits per heavy atom. The lowest BCUT2D eigenvalue weighted by molar-refractivity contribution is 0.340. The smallest absolute Gasteiger partial charge is 0.264 e. The van der Waals surface area contributed by atoms with Crippen LogP contribution in [0.4, 0.5) is 5.69 Å². The van der Waals surface area contributed by atoms with Crippen LogP contribution in [0, 0.1) is 11.7 Å². The third-order valence-corrected chi connectivity index (χ3v) is 4.79. The second kappa shape index (κ2) is 8.41. The molecule has 1 aromatic heterocycles. The summed E-state index contributed by atoms with van der Waals surface area (Å²) in [6.45, 7) is 4.27. The van der Waals surface area contributed by atoms with Crippen molar-refractivity contribution in [2.45, 2.75) is 13.8 Å². The highest BCUT2D eigenvalue weighted by atomic mass is 35.5. The van der Waals surface area contributed by atoms with Crippen LogP contribution < -0.4 is 10.3 Å². The zero-order valence-corrected chi connectivity index (χ0v) is 16.8. The van der Waals surface area contributed by atoms with Crippen LogP contribution in [0.25, 0.3) is 5.69 Å². The van der Waals surface area contributed by atoms with Crippen molar-refractivity contribution in [3.05, 3.63) is 73.7 Å². The van der Waals surface area contributed by atoms with Crippen LogP contribution in [-0.2, 0) is 0 Å². The molecule has 8 heteroatoms. The first-order valence-corrected chi connectivity index (χ1v) is 9.31. The van der Waals surface area contributed by atoms with E-state index in [9.17, 15) is 9.90 Å². The number of aromatic amines is 1. The van der Waals surface area contributed by atoms with Gasteiger partial charge in [0, 0.05) is 11.2 Å². The van der Waals surface area contributed by atoms with Crippen LogP contribution >= 0.6 is 23.8 Å². The summed E-state index contributed by atoms with van der Waals surface area (Å²) in [5.74, 6) is 0.390. The van der Waals surface area contributed by atoms with Gasteiger partial charge in [0.1, 0.15) is 11.3 Å². The molecule has 0 radical (unpaired) electrons. The molecule has 0 aliphatic rings. The van der Waals surface area contributed by atoms with Gasteiger partial charge in [-0.05, 0) is 68.0 Å². The molecular weight excluding hydrogens is 398 g/mol. The average molecular weight is 416 g/mol. The molecule has 0 aliphatic heterocycles. The maximum absolute atomic E-state index is 12.3. The number of benzene rings is 2. The normalized spacial score (nSPS) is 11.1. The summed E-state index contributed by atoms with van der Waals surface area (Å²) in [7, 11) is 0. The van der Waals surface area contributed by atoms with E-state index in [1.807, 2.05) is 13.8 Å². The summed E-state index contributed by atoms with van der Waals surface area (Å²) in [5.41, 5.74) is 1.41. The molecule has 6 nitrogen and oxygen atoms in total. The molecule has 0 fully saturated rings. The number of rotatable bonds is 5. The Bertz CT molecular complexity index is 1150. The first-order valence-electron chi connectivity index (χ1n) is 8.53. The van der Waals surface area contributed by atoms with Gasteiger partial charge in [-0.1, -0.05) is 17.7 Å². The molecule has 2 aromatic carbocycles. The summed E-state index contributed by atoms with van der Waals surface area (Å²) in [6, 6.07) is 12.3. The van der Waals surface area contributed by atoms with Gasteiger partial charge in [0.25, 0.3) is 5.56 Å². The highest BCUT2D eigenvalue weighted by Gasteiger charge is 2.13. The fourth-order valence-corrected chi connectivity index (χ4v) is 3.08. The van der Waals surface area contributed by atoms with Gasteiger partial charge in [-0.3, -0.25) is 19.3 Å². The minimum absolute atomic E-state index is 0.0122. The van der Waals surface area contributed by atoms with Crippen molar-refractivity contribution in [3.63, 3.8) is 0 Å². The van der Waals surface area contributed by atoms with Crippen molar-refractivity contribution in [3.8, 4) is 17.3 Å². The van der Waals surface area contributed by atoms with Crippen LogP contribution in [-0.4, -0.2) is 27.5 Å². The van der Waals surface area contributed by atoms with Crippen LogP contribution in [0.5, 0.6) is 11.6 Å². The lowest BCUT2D eigenvalue weighted by Crippen LogP contribution is -2.18. The summed E-state index contributed by atoms with van der Waals surface area (Å²) in [5, 5.41) is 11.3. The molecule has 144 valence electrons. The van der Waals surface area contributed by atoms with Gasteiger partial charge in [0.15, 0.2) is 4.77 Å². The van der Waals surface area contributed by atoms with E-state index in [0.717, 1.165) is 5.56 Å². The van der Waals surface area contributed by atoms with E-state index in [1.165, 1.54) is 10.8 Å². The Hall–Kier alpha value is -2.90. The van der Waals surface area contributed by atoms with Crippen molar-refractivity contribution in [1.29, 1.82) is 0 Å². The van der Waals surface area contributed by atoms with E-state index >= 15 is 0 Å². The lowest BCUT2D eigenvalue weighted by atomic mass is 10.2. The number of H-pyrrole nitrogens is 1. The van der Waals surface area contributed by atoms with Crippen molar-refractivity contribution in [1.82, 2.24) is 9.55 Å². The van der Waals surface area contributed by atoms with Crippen molar-refractivity contribution in [2.75, 3.05) is 6.61 Å². The second-order valence-electron chi connectivity index (χ2n) is 5.90. The van der Waals surface area contributed by atoms with Crippen molar-refractivity contribution >= 4 is 35.7 Å². The first-order chi connectivity index (χ1) is 13.4. The topological polar surface area (TPSA) is 79.6 Å². The number of nitrogens with one attached hydrogen (secondary N) is 1. The number of hydrogen-bond donors (Lipinski definition) is 2. The van der Waals surface area contributed by atoms with Crippen LogP contribution in [0.1, 0.15) is 18.1 Å². The zero-order valence-electron chi connectivity index (χ0n) is 15.3. The maximum atomic E-state index is 12.3. The Morgan fingerprint density at radius 2 is 2.00 bits per heavy atom. The molecule has 0 spiro atoms. The van der Waals surface area contributed by atoms with Crippen molar-refractivity contribution < 1.29 is 9.84 Å². The summed E-state index contributed by atoms with van der Waals surface area (Å²) >= 11 is 11.3. The summed E-state index contributed by atoms with van der Waals surface area (Å²) < 4.78 is 6.85. The molecule has 1 heterocycles. The number of aromatic nitrogens is 2. The van der Waals surface area contributed by atoms with Gasteiger partial charge < -0.3 is 9.84 Å². The number of nitrogens with zero attached hydrogens (tertiary/aromatic N) is 2. The summed E-state index contributed by atoms with van der Waals surface area (Å²) in [6.07, 6.45) is 1.30. The quantitative estimate of drug-likeness (QED) is 0.467. The molecular formula is C20H18ClN3O3S. The van der Waals surface area contributed by atoms with Crippen molar-refractivity contribution in [2.24, 2.45) is 4.99 Å². The predicted molar refractivity (Wildman–Crippen MR) is 114 cm³/mol. The molecule has 0 amide bonds. The molecule has 0 saturated heterocycles. The number of halogens is 1. The van der Waals surface area contributed by atoms with E-state index in [2.05, 4.69) is 9.98 Å². The van der Waals surface area contributed by atoms with Crippen LogP contribution in [0.15, 0.2) is 52.3 Å². The Morgan fingerprint density at radius 3 is 2.68 bits per heavy atom. The lowest BCUT2D eigenvalue weighted by Gasteiger charge is -2.12. The fourth-order valence-electron chi connectivity index (χ4n) is 2.62. The highest BCUT2D eigenvalue weighted by Crippen LogP contribution is 2.26. The minimum Gasteiger partial charge on any atom is -0.494 e. The number of aliphatic imine (C=N–C) groups is 1. The fraction of sp³-hybridized carbons (Fsp3) is 0.150. The van der Waals surface area contributed by atoms with E-state index < -0.39 is 5.56 Å². The molecule has 0 bridgehead atoms. The molecule has 0 atom stereocenters. The molecule has 2 N–H and O–H groups in total. The molecule has 0 aliphatic carbocycles. The Balaban J connectivity index is 2.07. The SMILES string of the molecule is CCOc1ccc(-n2c(O)c(C=Nc3cccc(Cl)c3C)c(=O)[nH]c2=S)cc1. The van der Waals surface area contributed by atoms with E-state index in [1.54, 1.807) is 42.5 Å². The molecule has 0 saturated carbocycles. The number of aromatic hydroxyl groups is 1. The van der Waals surface area contributed by atoms with Gasteiger partial charge in [-0.2, -0.15) is 0 Å².